The molecule has 0 unspecified atom stereocenters. The third kappa shape index (κ3) is 2.14. The third-order valence-electron chi connectivity index (χ3n) is 3.29. The summed E-state index contributed by atoms with van der Waals surface area (Å²) >= 11 is 0. The number of para-hydroxylation sites is 1. The van der Waals surface area contributed by atoms with Crippen LogP contribution in [-0.2, 0) is 0 Å². The van der Waals surface area contributed by atoms with E-state index in [-0.39, 0.29) is 11.3 Å². The Bertz CT molecular complexity index is 913. The molecule has 0 atom stereocenters. The number of carbonyl (C=O) groups excluding carboxylic acids is 1. The summed E-state index contributed by atoms with van der Waals surface area (Å²) in [6.45, 7) is 0. The lowest BCUT2D eigenvalue weighted by Gasteiger charge is -2.09. The number of phenolic OH excluding ortho intramolecular Hbond substituents is 1. The first kappa shape index (κ1) is 12.9. The van der Waals surface area contributed by atoms with Crippen molar-refractivity contribution in [3.63, 3.8) is 0 Å². The lowest BCUT2D eigenvalue weighted by atomic mass is 10.0. The molecule has 0 spiro atoms. The van der Waals surface area contributed by atoms with E-state index >= 15 is 0 Å². The van der Waals surface area contributed by atoms with Gasteiger partial charge in [-0.2, -0.15) is 0 Å². The molecule has 1 heterocycles. The summed E-state index contributed by atoms with van der Waals surface area (Å²) in [7, 11) is 0. The highest BCUT2D eigenvalue weighted by Gasteiger charge is 2.17. The molecule has 3 aromatic rings. The van der Waals surface area contributed by atoms with E-state index in [1.165, 1.54) is 12.1 Å². The number of carbonyl (C=O) groups is 1. The summed E-state index contributed by atoms with van der Waals surface area (Å²) in [6.07, 6.45) is 0. The van der Waals surface area contributed by atoms with E-state index in [2.05, 4.69) is 4.98 Å². The molecule has 5 nitrogen and oxygen atoms in total. The van der Waals surface area contributed by atoms with Crippen LogP contribution in [0.15, 0.2) is 53.3 Å². The van der Waals surface area contributed by atoms with Crippen molar-refractivity contribution < 1.29 is 9.90 Å². The molecule has 2 aromatic carbocycles. The molecule has 4 N–H and O–H groups in total. The van der Waals surface area contributed by atoms with Crippen LogP contribution in [-0.4, -0.2) is 16.0 Å². The Kier molecular flexibility index (Phi) is 2.95. The van der Waals surface area contributed by atoms with Gasteiger partial charge in [-0.05, 0) is 24.3 Å². The lowest BCUT2D eigenvalue weighted by molar-refractivity contribution is 0.1000. The zero-order chi connectivity index (χ0) is 15.0. The van der Waals surface area contributed by atoms with Crippen LogP contribution in [0, 0.1) is 0 Å². The molecule has 0 bridgehead atoms. The molecule has 0 saturated carbocycles. The van der Waals surface area contributed by atoms with E-state index in [1.54, 1.807) is 36.4 Å². The second-order valence-corrected chi connectivity index (χ2v) is 4.66. The molecule has 104 valence electrons. The van der Waals surface area contributed by atoms with Gasteiger partial charge >= 0.3 is 0 Å². The average Bonchev–Trinajstić information content (AvgIpc) is 2.46. The molecule has 0 fully saturated rings. The first-order valence-corrected chi connectivity index (χ1v) is 6.32. The van der Waals surface area contributed by atoms with Crippen LogP contribution < -0.4 is 11.2 Å². The molecule has 0 saturated heterocycles. The Morgan fingerprint density at radius 3 is 2.57 bits per heavy atom. The van der Waals surface area contributed by atoms with Crippen molar-refractivity contribution in [2.45, 2.75) is 0 Å². The topological polar surface area (TPSA) is 96.2 Å². The number of phenols is 1. The fourth-order valence-electron chi connectivity index (χ4n) is 2.35. The second kappa shape index (κ2) is 4.79. The number of nitrogens with two attached hydrogens (primary N) is 1. The molecular weight excluding hydrogens is 268 g/mol. The number of H-pyrrole nitrogens is 1. The van der Waals surface area contributed by atoms with E-state index in [0.29, 0.717) is 22.2 Å². The summed E-state index contributed by atoms with van der Waals surface area (Å²) in [6, 6.07) is 13.2. The Morgan fingerprint density at radius 2 is 1.86 bits per heavy atom. The number of rotatable bonds is 2. The Morgan fingerprint density at radius 1 is 1.10 bits per heavy atom. The number of benzene rings is 2. The van der Waals surface area contributed by atoms with Crippen LogP contribution in [0.25, 0.3) is 22.2 Å². The Labute approximate surface area is 119 Å². The minimum Gasteiger partial charge on any atom is -0.508 e. The van der Waals surface area contributed by atoms with Crippen molar-refractivity contribution in [1.82, 2.24) is 4.98 Å². The van der Waals surface area contributed by atoms with Crippen LogP contribution in [0.4, 0.5) is 0 Å². The molecule has 21 heavy (non-hydrogen) atoms. The van der Waals surface area contributed by atoms with Gasteiger partial charge in [0.2, 0.25) is 5.43 Å². The number of pyridine rings is 1. The number of amides is 1. The van der Waals surface area contributed by atoms with Gasteiger partial charge in [0.25, 0.3) is 5.91 Å². The summed E-state index contributed by atoms with van der Waals surface area (Å²) < 4.78 is 0. The molecular formula is C16H12N2O3. The molecule has 0 aliphatic heterocycles. The summed E-state index contributed by atoms with van der Waals surface area (Å²) in [5.74, 6) is -0.766. The summed E-state index contributed by atoms with van der Waals surface area (Å²) in [5.41, 5.74) is 6.26. The van der Waals surface area contributed by atoms with Crippen molar-refractivity contribution in [3.05, 3.63) is 64.3 Å². The van der Waals surface area contributed by atoms with E-state index in [4.69, 9.17) is 5.73 Å². The van der Waals surface area contributed by atoms with Crippen LogP contribution in [0.3, 0.4) is 0 Å². The monoisotopic (exact) mass is 280 g/mol. The van der Waals surface area contributed by atoms with Crippen molar-refractivity contribution in [1.29, 1.82) is 0 Å². The van der Waals surface area contributed by atoms with E-state index in [9.17, 15) is 14.7 Å². The first-order chi connectivity index (χ1) is 10.1. The lowest BCUT2D eigenvalue weighted by Crippen LogP contribution is -2.24. The third-order valence-corrected chi connectivity index (χ3v) is 3.29. The van der Waals surface area contributed by atoms with E-state index in [1.807, 2.05) is 0 Å². The number of primary amides is 1. The number of hydrogen-bond donors (Lipinski definition) is 3. The van der Waals surface area contributed by atoms with Gasteiger partial charge in [0.1, 0.15) is 11.3 Å². The van der Waals surface area contributed by atoms with Crippen LogP contribution in [0.2, 0.25) is 0 Å². The van der Waals surface area contributed by atoms with Crippen molar-refractivity contribution in [2.24, 2.45) is 5.73 Å². The van der Waals surface area contributed by atoms with Crippen LogP contribution >= 0.6 is 0 Å². The maximum Gasteiger partial charge on any atom is 0.254 e. The summed E-state index contributed by atoms with van der Waals surface area (Å²) in [5, 5.41) is 9.98. The molecule has 1 aromatic heterocycles. The fourth-order valence-corrected chi connectivity index (χ4v) is 2.35. The highest BCUT2D eigenvalue weighted by atomic mass is 16.3. The number of hydrogen-bond acceptors (Lipinski definition) is 3. The highest BCUT2D eigenvalue weighted by molar-refractivity contribution is 6.02. The normalized spacial score (nSPS) is 10.7. The zero-order valence-electron chi connectivity index (χ0n) is 11.0. The van der Waals surface area contributed by atoms with Crippen LogP contribution in [0.5, 0.6) is 5.75 Å². The van der Waals surface area contributed by atoms with Gasteiger partial charge in [0.05, 0.1) is 5.69 Å². The smallest absolute Gasteiger partial charge is 0.254 e. The standard InChI is InChI=1S/C16H12N2O3/c17-16(21)13-14(9-4-3-5-10(19)8-9)18-12-7-2-1-6-11(12)15(13)20/h1-8,19H,(H2,17,21)(H,18,20). The molecule has 3 rings (SSSR count). The predicted molar refractivity (Wildman–Crippen MR) is 80.2 cm³/mol. The number of aromatic amines is 1. The SMILES string of the molecule is NC(=O)c1c(-c2cccc(O)c2)[nH]c2ccccc2c1=O. The Hall–Kier alpha value is -3.08. The van der Waals surface area contributed by atoms with E-state index in [0.717, 1.165) is 0 Å². The van der Waals surface area contributed by atoms with Gasteiger partial charge in [-0.3, -0.25) is 9.59 Å². The highest BCUT2D eigenvalue weighted by Crippen LogP contribution is 2.25. The largest absolute Gasteiger partial charge is 0.508 e. The van der Waals surface area contributed by atoms with Gasteiger partial charge in [-0.1, -0.05) is 24.3 Å². The van der Waals surface area contributed by atoms with Gasteiger partial charge in [0, 0.05) is 16.5 Å². The second-order valence-electron chi connectivity index (χ2n) is 4.66. The van der Waals surface area contributed by atoms with E-state index < -0.39 is 11.3 Å². The molecule has 1 amide bonds. The van der Waals surface area contributed by atoms with Gasteiger partial charge in [-0.25, -0.2) is 0 Å². The summed E-state index contributed by atoms with van der Waals surface area (Å²) in [4.78, 5) is 27.2. The number of fused-ring (bicyclic) bond motifs is 1. The van der Waals surface area contributed by atoms with Crippen molar-refractivity contribution in [3.8, 4) is 17.0 Å². The average molecular weight is 280 g/mol. The number of aromatic nitrogens is 1. The van der Waals surface area contributed by atoms with Gasteiger partial charge in [-0.15, -0.1) is 0 Å². The molecule has 5 heteroatoms. The molecule has 0 radical (unpaired) electrons. The zero-order valence-corrected chi connectivity index (χ0v) is 11.0. The minimum absolute atomic E-state index is 0.0388. The van der Waals surface area contributed by atoms with Gasteiger partial charge < -0.3 is 15.8 Å². The predicted octanol–water partition coefficient (Wildman–Crippen LogP) is 2.00. The van der Waals surface area contributed by atoms with Crippen molar-refractivity contribution in [2.75, 3.05) is 0 Å². The first-order valence-electron chi connectivity index (χ1n) is 6.32. The number of nitrogens with one attached hydrogen (secondary N) is 1. The fraction of sp³-hybridized carbons (Fsp3) is 0. The van der Waals surface area contributed by atoms with Gasteiger partial charge in [0.15, 0.2) is 0 Å². The molecule has 0 aliphatic carbocycles. The number of aromatic hydroxyl groups is 1. The minimum atomic E-state index is -0.805. The van der Waals surface area contributed by atoms with Crippen LogP contribution in [0.1, 0.15) is 10.4 Å². The van der Waals surface area contributed by atoms with Crippen molar-refractivity contribution >= 4 is 16.8 Å². The Balaban J connectivity index is 2.44. The maximum atomic E-state index is 12.5. The quantitative estimate of drug-likeness (QED) is 0.669. The molecule has 0 aliphatic rings. The maximum absolute atomic E-state index is 12.5.